The fourth-order valence-corrected chi connectivity index (χ4v) is 4.10. The van der Waals surface area contributed by atoms with Gasteiger partial charge >= 0.3 is 5.97 Å². The van der Waals surface area contributed by atoms with Crippen LogP contribution >= 0.6 is 0 Å². The topological polar surface area (TPSA) is 152 Å². The van der Waals surface area contributed by atoms with Crippen molar-refractivity contribution in [2.24, 2.45) is 11.1 Å². The van der Waals surface area contributed by atoms with Crippen molar-refractivity contribution in [3.05, 3.63) is 59.9 Å². The van der Waals surface area contributed by atoms with Crippen molar-refractivity contribution in [1.82, 2.24) is 20.6 Å². The van der Waals surface area contributed by atoms with Gasteiger partial charge in [-0.25, -0.2) is 13.6 Å². The molecule has 164 valence electrons. The van der Waals surface area contributed by atoms with E-state index in [1.807, 2.05) is 31.2 Å². The van der Waals surface area contributed by atoms with Crippen LogP contribution in [0.1, 0.15) is 43.5 Å². The summed E-state index contributed by atoms with van der Waals surface area (Å²) in [6.07, 6.45) is 2.71. The van der Waals surface area contributed by atoms with Gasteiger partial charge in [0.05, 0.1) is 10.8 Å². The third kappa shape index (κ3) is 5.74. The van der Waals surface area contributed by atoms with Crippen LogP contribution in [0.2, 0.25) is 0 Å². The molecule has 0 spiro atoms. The number of carbonyl (C=O) groups is 1. The molecular weight excluding hydrogens is 418 g/mol. The monoisotopic (exact) mass is 443 g/mol. The predicted molar refractivity (Wildman–Crippen MR) is 115 cm³/mol. The number of benzene rings is 2. The minimum atomic E-state index is -3.73. The standard InChI is InChI=1S/C21H25N5O4S/c1-2-3-4-18(21(27)28)19(20-23-25-26-24-20)13-14-5-7-15(8-6-14)16-9-11-17(12-10-16)31(22,29)30/h5-12,18-19H,2-4,13H2,1H3,(H,27,28)(H2,22,29,30)(H,23,24,25,26)/t18-,19-/m1/s1. The molecule has 1 heterocycles. The normalized spacial score (nSPS) is 13.6. The number of carboxylic acids is 1. The molecule has 0 saturated carbocycles. The van der Waals surface area contributed by atoms with Crippen molar-refractivity contribution < 1.29 is 18.3 Å². The minimum absolute atomic E-state index is 0.0580. The Hall–Kier alpha value is -3.11. The van der Waals surface area contributed by atoms with E-state index in [1.54, 1.807) is 12.1 Å². The van der Waals surface area contributed by atoms with Crippen LogP contribution in [0.3, 0.4) is 0 Å². The Labute approximate surface area is 180 Å². The summed E-state index contributed by atoms with van der Waals surface area (Å²) in [5.41, 5.74) is 2.70. The fourth-order valence-electron chi connectivity index (χ4n) is 3.59. The highest BCUT2D eigenvalue weighted by Gasteiger charge is 2.32. The van der Waals surface area contributed by atoms with E-state index >= 15 is 0 Å². The summed E-state index contributed by atoms with van der Waals surface area (Å²) in [6.45, 7) is 2.02. The summed E-state index contributed by atoms with van der Waals surface area (Å²) in [5, 5.41) is 29.0. The Morgan fingerprint density at radius 2 is 1.71 bits per heavy atom. The lowest BCUT2D eigenvalue weighted by Gasteiger charge is -2.21. The lowest BCUT2D eigenvalue weighted by Crippen LogP contribution is -2.25. The Morgan fingerprint density at radius 3 is 2.19 bits per heavy atom. The summed E-state index contributed by atoms with van der Waals surface area (Å²) >= 11 is 0. The molecular formula is C21H25N5O4S. The Morgan fingerprint density at radius 1 is 1.10 bits per heavy atom. The smallest absolute Gasteiger partial charge is 0.307 e. The molecule has 0 amide bonds. The van der Waals surface area contributed by atoms with E-state index in [9.17, 15) is 18.3 Å². The van der Waals surface area contributed by atoms with Crippen molar-refractivity contribution in [2.75, 3.05) is 0 Å². The molecule has 3 rings (SSSR count). The average Bonchev–Trinajstić information content (AvgIpc) is 3.27. The molecule has 0 aliphatic rings. The summed E-state index contributed by atoms with van der Waals surface area (Å²) in [4.78, 5) is 12.0. The second kappa shape index (κ2) is 9.80. The minimum Gasteiger partial charge on any atom is -0.481 e. The van der Waals surface area contributed by atoms with Crippen molar-refractivity contribution >= 4 is 16.0 Å². The van der Waals surface area contributed by atoms with Gasteiger partial charge < -0.3 is 5.11 Å². The zero-order chi connectivity index (χ0) is 22.4. The van der Waals surface area contributed by atoms with Gasteiger partial charge in [-0.15, -0.1) is 10.2 Å². The second-order valence-corrected chi connectivity index (χ2v) is 9.00. The number of sulfonamides is 1. The number of nitrogens with two attached hydrogens (primary N) is 1. The number of nitrogens with zero attached hydrogens (tertiary/aromatic N) is 3. The number of aromatic nitrogens is 4. The number of tetrazole rings is 1. The number of rotatable bonds is 10. The number of aromatic amines is 1. The van der Waals surface area contributed by atoms with Crippen LogP contribution < -0.4 is 5.14 Å². The number of carboxylic acid groups (broad SMARTS) is 1. The maximum atomic E-state index is 11.9. The van der Waals surface area contributed by atoms with Gasteiger partial charge in [0.1, 0.15) is 0 Å². The number of hydrogen-bond donors (Lipinski definition) is 3. The predicted octanol–water partition coefficient (Wildman–Crippen LogP) is 2.73. The van der Waals surface area contributed by atoms with E-state index in [0.29, 0.717) is 18.7 Å². The molecule has 3 aromatic rings. The molecule has 0 unspecified atom stereocenters. The Kier molecular flexibility index (Phi) is 7.13. The van der Waals surface area contributed by atoms with Gasteiger partial charge in [0, 0.05) is 5.92 Å². The lowest BCUT2D eigenvalue weighted by molar-refractivity contribution is -0.143. The molecule has 0 saturated heterocycles. The van der Waals surface area contributed by atoms with Crippen LogP contribution in [0.5, 0.6) is 0 Å². The summed E-state index contributed by atoms with van der Waals surface area (Å²) < 4.78 is 22.8. The molecule has 0 radical (unpaired) electrons. The van der Waals surface area contributed by atoms with Gasteiger partial charge in [0.2, 0.25) is 10.0 Å². The van der Waals surface area contributed by atoms with Gasteiger partial charge in [0.25, 0.3) is 0 Å². The highest BCUT2D eigenvalue weighted by molar-refractivity contribution is 7.89. The van der Waals surface area contributed by atoms with E-state index in [2.05, 4.69) is 20.6 Å². The van der Waals surface area contributed by atoms with Crippen LogP contribution in [0, 0.1) is 5.92 Å². The first-order valence-electron chi connectivity index (χ1n) is 9.98. The maximum Gasteiger partial charge on any atom is 0.307 e. The van der Waals surface area contributed by atoms with E-state index in [-0.39, 0.29) is 4.90 Å². The first kappa shape index (κ1) is 22.6. The Bertz CT molecular complexity index is 1100. The molecule has 10 heteroatoms. The van der Waals surface area contributed by atoms with E-state index < -0.39 is 27.8 Å². The Balaban J connectivity index is 1.82. The highest BCUT2D eigenvalue weighted by atomic mass is 32.2. The van der Waals surface area contributed by atoms with Crippen LogP contribution in [-0.2, 0) is 21.2 Å². The molecule has 0 aliphatic carbocycles. The van der Waals surface area contributed by atoms with Crippen LogP contribution in [0.4, 0.5) is 0 Å². The summed E-state index contributed by atoms with van der Waals surface area (Å²) in [5.74, 6) is -1.48. The SMILES string of the molecule is CCCC[C@@H](C(=O)O)[C@@H](Cc1ccc(-c2ccc(S(N)(=O)=O)cc2)cc1)c1nn[nH]n1. The molecule has 2 aromatic carbocycles. The van der Waals surface area contributed by atoms with Gasteiger partial charge in [-0.3, -0.25) is 4.79 Å². The van der Waals surface area contributed by atoms with Gasteiger partial charge in [0.15, 0.2) is 5.82 Å². The van der Waals surface area contributed by atoms with Gasteiger partial charge in [-0.05, 0) is 41.7 Å². The molecule has 31 heavy (non-hydrogen) atoms. The van der Waals surface area contributed by atoms with Crippen molar-refractivity contribution in [1.29, 1.82) is 0 Å². The molecule has 0 aliphatic heterocycles. The number of unbranched alkanes of at least 4 members (excludes halogenated alkanes) is 1. The van der Waals surface area contributed by atoms with E-state index in [0.717, 1.165) is 29.5 Å². The number of aliphatic carboxylic acids is 1. The van der Waals surface area contributed by atoms with Crippen molar-refractivity contribution in [2.45, 2.75) is 43.4 Å². The number of primary sulfonamides is 1. The van der Waals surface area contributed by atoms with Crippen molar-refractivity contribution in [3.63, 3.8) is 0 Å². The first-order valence-corrected chi connectivity index (χ1v) is 11.5. The number of H-pyrrole nitrogens is 1. The zero-order valence-electron chi connectivity index (χ0n) is 17.1. The quantitative estimate of drug-likeness (QED) is 0.435. The molecule has 2 atom stereocenters. The van der Waals surface area contributed by atoms with Crippen LogP contribution in [-0.4, -0.2) is 40.1 Å². The van der Waals surface area contributed by atoms with E-state index in [1.165, 1.54) is 12.1 Å². The number of hydrogen-bond acceptors (Lipinski definition) is 6. The molecule has 1 aromatic heterocycles. The second-order valence-electron chi connectivity index (χ2n) is 7.43. The lowest BCUT2D eigenvalue weighted by atomic mass is 9.83. The maximum absolute atomic E-state index is 11.9. The molecule has 4 N–H and O–H groups in total. The number of nitrogens with one attached hydrogen (secondary N) is 1. The summed E-state index contributed by atoms with van der Waals surface area (Å²) in [6, 6.07) is 14.0. The fraction of sp³-hybridized carbons (Fsp3) is 0.333. The largest absolute Gasteiger partial charge is 0.481 e. The zero-order valence-corrected chi connectivity index (χ0v) is 17.9. The van der Waals surface area contributed by atoms with E-state index in [4.69, 9.17) is 5.14 Å². The molecule has 9 nitrogen and oxygen atoms in total. The van der Waals surface area contributed by atoms with Gasteiger partial charge in [-0.1, -0.05) is 61.4 Å². The third-order valence-corrected chi connectivity index (χ3v) is 6.22. The van der Waals surface area contributed by atoms with Crippen molar-refractivity contribution in [3.8, 4) is 11.1 Å². The van der Waals surface area contributed by atoms with Crippen LogP contribution in [0.25, 0.3) is 11.1 Å². The molecule has 0 fully saturated rings. The summed E-state index contributed by atoms with van der Waals surface area (Å²) in [7, 11) is -3.73. The van der Waals surface area contributed by atoms with Crippen LogP contribution in [0.15, 0.2) is 53.4 Å². The third-order valence-electron chi connectivity index (χ3n) is 5.29. The average molecular weight is 444 g/mol. The van der Waals surface area contributed by atoms with Gasteiger partial charge in [-0.2, -0.15) is 5.21 Å². The first-order chi connectivity index (χ1) is 14.8. The molecule has 0 bridgehead atoms. The highest BCUT2D eigenvalue weighted by Crippen LogP contribution is 2.31.